The first-order valence-corrected chi connectivity index (χ1v) is 4.39. The SMILES string of the molecule is CCC(=O)O.CCCCOC(C)=O. The van der Waals surface area contributed by atoms with Crippen LogP contribution >= 0.6 is 0 Å². The molecular weight excluding hydrogens is 172 g/mol. The lowest BCUT2D eigenvalue weighted by Crippen LogP contribution is -1.99. The number of rotatable bonds is 4. The maximum absolute atomic E-state index is 10.1. The van der Waals surface area contributed by atoms with Crippen LogP contribution in [0.2, 0.25) is 0 Å². The lowest BCUT2D eigenvalue weighted by Gasteiger charge is -1.96. The molecule has 0 aromatic rings. The predicted octanol–water partition coefficient (Wildman–Crippen LogP) is 1.83. The molecule has 78 valence electrons. The van der Waals surface area contributed by atoms with E-state index in [2.05, 4.69) is 11.7 Å². The summed E-state index contributed by atoms with van der Waals surface area (Å²) in [6.45, 7) is 5.66. The predicted molar refractivity (Wildman–Crippen MR) is 49.5 cm³/mol. The molecular formula is C9H18O4. The number of carbonyl (C=O) groups is 2. The van der Waals surface area contributed by atoms with Gasteiger partial charge in [-0.2, -0.15) is 0 Å². The number of hydrogen-bond acceptors (Lipinski definition) is 3. The number of aliphatic carboxylic acids is 1. The molecule has 0 atom stereocenters. The van der Waals surface area contributed by atoms with Crippen LogP contribution in [-0.4, -0.2) is 23.7 Å². The summed E-state index contributed by atoms with van der Waals surface area (Å²) in [6, 6.07) is 0. The van der Waals surface area contributed by atoms with Gasteiger partial charge in [-0.3, -0.25) is 9.59 Å². The van der Waals surface area contributed by atoms with Gasteiger partial charge in [-0.05, 0) is 6.42 Å². The van der Waals surface area contributed by atoms with Crippen LogP contribution in [0.1, 0.15) is 40.0 Å². The van der Waals surface area contributed by atoms with Crippen LogP contribution in [0.25, 0.3) is 0 Å². The van der Waals surface area contributed by atoms with Crippen molar-refractivity contribution >= 4 is 11.9 Å². The average Bonchev–Trinajstić information content (AvgIpc) is 2.05. The van der Waals surface area contributed by atoms with Crippen molar-refractivity contribution in [2.75, 3.05) is 6.61 Å². The lowest BCUT2D eigenvalue weighted by atomic mass is 10.4. The highest BCUT2D eigenvalue weighted by Gasteiger charge is 1.88. The lowest BCUT2D eigenvalue weighted by molar-refractivity contribution is -0.141. The summed E-state index contributed by atoms with van der Waals surface area (Å²) in [5.74, 6) is -0.927. The van der Waals surface area contributed by atoms with Gasteiger partial charge in [0.05, 0.1) is 6.61 Å². The average molecular weight is 190 g/mol. The van der Waals surface area contributed by atoms with Crippen molar-refractivity contribution in [1.82, 2.24) is 0 Å². The van der Waals surface area contributed by atoms with E-state index in [9.17, 15) is 9.59 Å². The Morgan fingerprint density at radius 2 is 1.77 bits per heavy atom. The fraction of sp³-hybridized carbons (Fsp3) is 0.778. The third kappa shape index (κ3) is 24.8. The summed E-state index contributed by atoms with van der Waals surface area (Å²) in [5.41, 5.74) is 0. The highest BCUT2D eigenvalue weighted by atomic mass is 16.5. The van der Waals surface area contributed by atoms with E-state index in [0.717, 1.165) is 12.8 Å². The van der Waals surface area contributed by atoms with E-state index in [-0.39, 0.29) is 12.4 Å². The second-order valence-corrected chi connectivity index (χ2v) is 2.44. The molecule has 0 heterocycles. The normalized spacial score (nSPS) is 8.23. The van der Waals surface area contributed by atoms with Crippen LogP contribution in [0, 0.1) is 0 Å². The molecule has 13 heavy (non-hydrogen) atoms. The van der Waals surface area contributed by atoms with Gasteiger partial charge < -0.3 is 9.84 Å². The quantitative estimate of drug-likeness (QED) is 0.542. The van der Waals surface area contributed by atoms with E-state index in [0.29, 0.717) is 6.61 Å². The van der Waals surface area contributed by atoms with Gasteiger partial charge in [0.25, 0.3) is 0 Å². The molecule has 0 amide bonds. The van der Waals surface area contributed by atoms with Gasteiger partial charge in [-0.25, -0.2) is 0 Å². The van der Waals surface area contributed by atoms with Crippen LogP contribution in [-0.2, 0) is 14.3 Å². The molecule has 0 aliphatic heterocycles. The van der Waals surface area contributed by atoms with Crippen LogP contribution in [0.5, 0.6) is 0 Å². The van der Waals surface area contributed by atoms with Crippen molar-refractivity contribution in [3.05, 3.63) is 0 Å². The monoisotopic (exact) mass is 190 g/mol. The fourth-order valence-corrected chi connectivity index (χ4v) is 0.360. The molecule has 0 aliphatic carbocycles. The number of hydrogen-bond donors (Lipinski definition) is 1. The number of ether oxygens (including phenoxy) is 1. The first-order valence-electron chi connectivity index (χ1n) is 4.39. The van der Waals surface area contributed by atoms with Gasteiger partial charge >= 0.3 is 11.9 Å². The Hall–Kier alpha value is -1.06. The maximum atomic E-state index is 10.1. The van der Waals surface area contributed by atoms with Gasteiger partial charge in [0.1, 0.15) is 0 Å². The van der Waals surface area contributed by atoms with E-state index >= 15 is 0 Å². The van der Waals surface area contributed by atoms with E-state index in [1.807, 2.05) is 0 Å². The zero-order chi connectivity index (χ0) is 10.7. The second-order valence-electron chi connectivity index (χ2n) is 2.44. The first kappa shape index (κ1) is 14.5. The fourth-order valence-electron chi connectivity index (χ4n) is 0.360. The summed E-state index contributed by atoms with van der Waals surface area (Å²) in [7, 11) is 0. The minimum absolute atomic E-state index is 0.182. The van der Waals surface area contributed by atoms with Crippen molar-refractivity contribution in [3.63, 3.8) is 0 Å². The zero-order valence-corrected chi connectivity index (χ0v) is 8.50. The third-order valence-corrected chi connectivity index (χ3v) is 1.11. The van der Waals surface area contributed by atoms with Gasteiger partial charge in [0, 0.05) is 13.3 Å². The molecule has 4 nitrogen and oxygen atoms in total. The molecule has 0 aliphatic rings. The third-order valence-electron chi connectivity index (χ3n) is 1.11. The van der Waals surface area contributed by atoms with Gasteiger partial charge in [-0.15, -0.1) is 0 Å². The van der Waals surface area contributed by atoms with Crippen LogP contribution in [0.3, 0.4) is 0 Å². The van der Waals surface area contributed by atoms with Crippen molar-refractivity contribution < 1.29 is 19.4 Å². The number of esters is 1. The van der Waals surface area contributed by atoms with Crippen molar-refractivity contribution in [3.8, 4) is 0 Å². The molecule has 0 fully saturated rings. The van der Waals surface area contributed by atoms with E-state index < -0.39 is 5.97 Å². The Kier molecular flexibility index (Phi) is 12.2. The zero-order valence-electron chi connectivity index (χ0n) is 8.50. The standard InChI is InChI=1S/C6H12O2.C3H6O2/c1-3-4-5-8-6(2)7;1-2-3(4)5/h3-5H2,1-2H3;2H2,1H3,(H,4,5). The molecule has 0 aromatic carbocycles. The van der Waals surface area contributed by atoms with Crippen LogP contribution < -0.4 is 0 Å². The minimum Gasteiger partial charge on any atom is -0.481 e. The van der Waals surface area contributed by atoms with E-state index in [1.54, 1.807) is 6.92 Å². The highest BCUT2D eigenvalue weighted by Crippen LogP contribution is 1.86. The topological polar surface area (TPSA) is 63.6 Å². The molecule has 0 aromatic heterocycles. The van der Waals surface area contributed by atoms with E-state index in [4.69, 9.17) is 5.11 Å². The van der Waals surface area contributed by atoms with E-state index in [1.165, 1.54) is 6.92 Å². The largest absolute Gasteiger partial charge is 0.481 e. The van der Waals surface area contributed by atoms with Gasteiger partial charge in [0.15, 0.2) is 0 Å². The Morgan fingerprint density at radius 3 is 2.00 bits per heavy atom. The molecule has 0 unspecified atom stereocenters. The van der Waals surface area contributed by atoms with Gasteiger partial charge in [-0.1, -0.05) is 20.3 Å². The second kappa shape index (κ2) is 10.9. The molecule has 4 heteroatoms. The smallest absolute Gasteiger partial charge is 0.303 e. The van der Waals surface area contributed by atoms with Crippen molar-refractivity contribution in [2.24, 2.45) is 0 Å². The van der Waals surface area contributed by atoms with Crippen molar-refractivity contribution in [1.29, 1.82) is 0 Å². The highest BCUT2D eigenvalue weighted by molar-refractivity contribution is 5.66. The summed E-state index contributed by atoms with van der Waals surface area (Å²) in [4.78, 5) is 19.5. The van der Waals surface area contributed by atoms with Gasteiger partial charge in [0.2, 0.25) is 0 Å². The molecule has 0 rings (SSSR count). The molecule has 0 saturated heterocycles. The Bertz CT molecular complexity index is 143. The minimum atomic E-state index is -0.745. The molecule has 0 saturated carbocycles. The number of unbranched alkanes of at least 4 members (excludes halogenated alkanes) is 1. The summed E-state index contributed by atoms with van der Waals surface area (Å²) in [6.07, 6.45) is 2.27. The Balaban J connectivity index is 0. The van der Waals surface area contributed by atoms with Crippen molar-refractivity contribution in [2.45, 2.75) is 40.0 Å². The molecule has 0 bridgehead atoms. The Morgan fingerprint density at radius 1 is 1.31 bits per heavy atom. The Labute approximate surface area is 78.9 Å². The summed E-state index contributed by atoms with van der Waals surface area (Å²) < 4.78 is 4.64. The summed E-state index contributed by atoms with van der Waals surface area (Å²) in [5, 5.41) is 7.72. The summed E-state index contributed by atoms with van der Waals surface area (Å²) >= 11 is 0. The number of carboxylic acid groups (broad SMARTS) is 1. The number of carboxylic acids is 1. The molecule has 0 spiro atoms. The van der Waals surface area contributed by atoms with Crippen LogP contribution in [0.15, 0.2) is 0 Å². The number of carbonyl (C=O) groups excluding carboxylic acids is 1. The molecule has 1 N–H and O–H groups in total. The van der Waals surface area contributed by atoms with Crippen LogP contribution in [0.4, 0.5) is 0 Å². The molecule has 0 radical (unpaired) electrons. The first-order chi connectivity index (χ1) is 6.04. The maximum Gasteiger partial charge on any atom is 0.303 e.